The normalized spacial score (nSPS) is 11.7. The van der Waals surface area contributed by atoms with Crippen LogP contribution >= 0.6 is 0 Å². The first-order valence-electron chi connectivity index (χ1n) is 11.4. The number of anilines is 1. The van der Waals surface area contributed by atoms with Crippen molar-refractivity contribution in [3.63, 3.8) is 0 Å². The van der Waals surface area contributed by atoms with E-state index in [4.69, 9.17) is 4.74 Å². The minimum atomic E-state index is -0.562. The number of carbonyl (C=O) groups excluding carboxylic acids is 1. The second-order valence-corrected chi connectivity index (χ2v) is 8.13. The number of hydrogen-bond donors (Lipinski definition) is 2. The first-order chi connectivity index (χ1) is 16.9. The average molecular weight is 473 g/mol. The summed E-state index contributed by atoms with van der Waals surface area (Å²) in [5.41, 5.74) is 2.35. The van der Waals surface area contributed by atoms with Crippen molar-refractivity contribution in [2.45, 2.75) is 26.4 Å². The fraction of sp³-hybridized carbons (Fsp3) is 0.222. The van der Waals surface area contributed by atoms with Crippen LogP contribution in [0.2, 0.25) is 0 Å². The molecule has 1 atom stereocenters. The second kappa shape index (κ2) is 10.3. The molecule has 0 fully saturated rings. The number of nitrogens with one attached hydrogen (secondary N) is 1. The van der Waals surface area contributed by atoms with Crippen molar-refractivity contribution < 1.29 is 14.6 Å². The van der Waals surface area contributed by atoms with E-state index in [1.54, 1.807) is 56.4 Å². The molecule has 1 heterocycles. The maximum absolute atomic E-state index is 13.6. The summed E-state index contributed by atoms with van der Waals surface area (Å²) < 4.78 is 7.17. The Labute approximate surface area is 203 Å². The summed E-state index contributed by atoms with van der Waals surface area (Å²) in [5, 5.41) is 13.4. The molecule has 4 aromatic rings. The van der Waals surface area contributed by atoms with Gasteiger partial charge in [0.05, 0.1) is 35.9 Å². The zero-order valence-electron chi connectivity index (χ0n) is 19.9. The van der Waals surface area contributed by atoms with Crippen molar-refractivity contribution in [2.75, 3.05) is 11.9 Å². The smallest absolute Gasteiger partial charge is 0.322 e. The van der Waals surface area contributed by atoms with Crippen molar-refractivity contribution >= 4 is 22.8 Å². The number of rotatable bonds is 7. The number of phenols is 1. The number of amides is 2. The lowest BCUT2D eigenvalue weighted by atomic mass is 10.1. The van der Waals surface area contributed by atoms with Crippen LogP contribution in [0.15, 0.2) is 77.6 Å². The number of aromatic hydroxyl groups is 1. The largest absolute Gasteiger partial charge is 0.508 e. The van der Waals surface area contributed by atoms with E-state index in [1.807, 2.05) is 37.3 Å². The van der Waals surface area contributed by atoms with Gasteiger partial charge in [-0.2, -0.15) is 0 Å². The summed E-state index contributed by atoms with van der Waals surface area (Å²) >= 11 is 0. The number of ether oxygens (including phenoxy) is 1. The lowest BCUT2D eigenvalue weighted by Crippen LogP contribution is -2.39. The number of phenolic OH excluding ortho intramolecular Hbond substituents is 1. The minimum Gasteiger partial charge on any atom is -0.508 e. The van der Waals surface area contributed by atoms with Gasteiger partial charge in [-0.3, -0.25) is 4.79 Å². The molecule has 8 nitrogen and oxygen atoms in total. The highest BCUT2D eigenvalue weighted by Gasteiger charge is 2.26. The molecule has 0 aliphatic rings. The predicted octanol–water partition coefficient (Wildman–Crippen LogP) is 4.83. The van der Waals surface area contributed by atoms with Crippen molar-refractivity contribution in [1.29, 1.82) is 0 Å². The van der Waals surface area contributed by atoms with Crippen LogP contribution in [0.4, 0.5) is 10.5 Å². The quantitative estimate of drug-likeness (QED) is 0.401. The first-order valence-corrected chi connectivity index (χ1v) is 11.4. The van der Waals surface area contributed by atoms with E-state index in [-0.39, 0.29) is 23.5 Å². The number of urea groups is 1. The van der Waals surface area contributed by atoms with E-state index < -0.39 is 12.1 Å². The number of hydrogen-bond acceptors (Lipinski definition) is 5. The van der Waals surface area contributed by atoms with Crippen LogP contribution in [0.5, 0.6) is 11.5 Å². The van der Waals surface area contributed by atoms with E-state index in [0.717, 1.165) is 0 Å². The Morgan fingerprint density at radius 2 is 1.77 bits per heavy atom. The van der Waals surface area contributed by atoms with Crippen LogP contribution in [0, 0.1) is 0 Å². The molecule has 0 aliphatic heterocycles. The third-order valence-electron chi connectivity index (χ3n) is 5.91. The molecule has 0 spiro atoms. The zero-order valence-corrected chi connectivity index (χ0v) is 19.9. The molecule has 1 aromatic heterocycles. The molecule has 0 saturated heterocycles. The fourth-order valence-corrected chi connectivity index (χ4v) is 4.03. The molecule has 0 aliphatic carbocycles. The maximum atomic E-state index is 13.6. The van der Waals surface area contributed by atoms with Gasteiger partial charge in [0.15, 0.2) is 0 Å². The van der Waals surface area contributed by atoms with E-state index in [1.165, 1.54) is 9.47 Å². The number of aryl methyl sites for hydroxylation is 1. The number of aromatic nitrogens is 2. The van der Waals surface area contributed by atoms with E-state index in [0.29, 0.717) is 34.6 Å². The van der Waals surface area contributed by atoms with Gasteiger partial charge in [0.25, 0.3) is 5.56 Å². The summed E-state index contributed by atoms with van der Waals surface area (Å²) in [5.74, 6) is 0.602. The van der Waals surface area contributed by atoms with E-state index >= 15 is 0 Å². The van der Waals surface area contributed by atoms with Crippen molar-refractivity contribution in [3.05, 3.63) is 94.4 Å². The Balaban J connectivity index is 1.75. The fourth-order valence-electron chi connectivity index (χ4n) is 4.03. The van der Waals surface area contributed by atoms with E-state index in [2.05, 4.69) is 10.3 Å². The van der Waals surface area contributed by atoms with Crippen molar-refractivity contribution in [2.24, 2.45) is 7.05 Å². The number of benzene rings is 3. The van der Waals surface area contributed by atoms with Crippen LogP contribution in [-0.2, 0) is 13.6 Å². The van der Waals surface area contributed by atoms with Crippen LogP contribution in [0.1, 0.15) is 31.1 Å². The summed E-state index contributed by atoms with van der Waals surface area (Å²) in [7, 11) is 1.69. The Morgan fingerprint density at radius 3 is 2.54 bits per heavy atom. The monoisotopic (exact) mass is 472 g/mol. The van der Waals surface area contributed by atoms with Gasteiger partial charge in [-0.1, -0.05) is 42.5 Å². The predicted molar refractivity (Wildman–Crippen MR) is 136 cm³/mol. The molecule has 0 saturated carbocycles. The van der Waals surface area contributed by atoms with Crippen molar-refractivity contribution in [1.82, 2.24) is 14.5 Å². The highest BCUT2D eigenvalue weighted by molar-refractivity contribution is 5.91. The molecular weight excluding hydrogens is 444 g/mol. The Morgan fingerprint density at radius 1 is 1.09 bits per heavy atom. The van der Waals surface area contributed by atoms with Gasteiger partial charge in [-0.15, -0.1) is 0 Å². The highest BCUT2D eigenvalue weighted by Crippen LogP contribution is 2.31. The molecule has 0 unspecified atom stereocenters. The molecule has 4 rings (SSSR count). The van der Waals surface area contributed by atoms with Gasteiger partial charge in [0, 0.05) is 12.6 Å². The molecule has 2 amide bonds. The SMILES string of the molecule is CCOc1ccccc1NC(=O)N(Cc1nc2ccccc2n(C)c1=O)[C@@H](C)c1ccccc1O. The number of para-hydroxylation sites is 5. The number of fused-ring (bicyclic) bond motifs is 1. The van der Waals surface area contributed by atoms with Crippen molar-refractivity contribution in [3.8, 4) is 11.5 Å². The lowest BCUT2D eigenvalue weighted by Gasteiger charge is -2.30. The molecule has 8 heteroatoms. The van der Waals surface area contributed by atoms with Gasteiger partial charge in [0.2, 0.25) is 0 Å². The van der Waals surface area contributed by atoms with Gasteiger partial charge in [0.1, 0.15) is 17.2 Å². The molecule has 35 heavy (non-hydrogen) atoms. The highest BCUT2D eigenvalue weighted by atomic mass is 16.5. The Kier molecular flexibility index (Phi) is 7.01. The van der Waals surface area contributed by atoms with Crippen LogP contribution in [0.3, 0.4) is 0 Å². The Hall–Kier alpha value is -4.33. The summed E-state index contributed by atoms with van der Waals surface area (Å²) in [4.78, 5) is 32.8. The van der Waals surface area contributed by atoms with Gasteiger partial charge >= 0.3 is 6.03 Å². The van der Waals surface area contributed by atoms with Gasteiger partial charge in [-0.25, -0.2) is 9.78 Å². The van der Waals surface area contributed by atoms with Gasteiger partial charge in [-0.05, 0) is 44.2 Å². The Bertz CT molecular complexity index is 1420. The first kappa shape index (κ1) is 23.8. The van der Waals surface area contributed by atoms with Gasteiger partial charge < -0.3 is 24.6 Å². The molecule has 180 valence electrons. The maximum Gasteiger partial charge on any atom is 0.322 e. The minimum absolute atomic E-state index is 0.0599. The van der Waals surface area contributed by atoms with Crippen LogP contribution < -0.4 is 15.6 Å². The topological polar surface area (TPSA) is 96.7 Å². The molecule has 0 radical (unpaired) electrons. The van der Waals surface area contributed by atoms with Crippen LogP contribution in [0.25, 0.3) is 11.0 Å². The average Bonchev–Trinajstić information content (AvgIpc) is 2.86. The molecular formula is C27H28N4O4. The molecule has 3 aromatic carbocycles. The summed E-state index contributed by atoms with van der Waals surface area (Å²) in [6, 6.07) is 20.3. The molecule has 2 N–H and O–H groups in total. The summed E-state index contributed by atoms with van der Waals surface area (Å²) in [6.45, 7) is 4.05. The zero-order chi connectivity index (χ0) is 24.9. The number of nitrogens with zero attached hydrogens (tertiary/aromatic N) is 3. The molecule has 0 bridgehead atoms. The van der Waals surface area contributed by atoms with Crippen LogP contribution in [-0.4, -0.2) is 32.2 Å². The third-order valence-corrected chi connectivity index (χ3v) is 5.91. The summed E-state index contributed by atoms with van der Waals surface area (Å²) in [6.07, 6.45) is 0. The lowest BCUT2D eigenvalue weighted by molar-refractivity contribution is 0.186. The third kappa shape index (κ3) is 4.96. The number of carbonyl (C=O) groups is 1. The second-order valence-electron chi connectivity index (χ2n) is 8.13. The van der Waals surface area contributed by atoms with E-state index in [9.17, 15) is 14.7 Å². The standard InChI is InChI=1S/C27H28N4O4/c1-4-35-25-16-10-7-13-21(25)29-27(34)31(18(2)19-11-5-9-15-24(19)32)17-22-26(33)30(3)23-14-8-6-12-20(23)28-22/h5-16,18,32H,4,17H2,1-3H3,(H,29,34)/t18-/m0/s1.